The lowest BCUT2D eigenvalue weighted by molar-refractivity contribution is -0.117. The van der Waals surface area contributed by atoms with E-state index in [-0.39, 0.29) is 11.3 Å². The normalized spacial score (nSPS) is 22.3. The van der Waals surface area contributed by atoms with Gasteiger partial charge in [-0.3, -0.25) is 4.79 Å². The van der Waals surface area contributed by atoms with Crippen molar-refractivity contribution in [3.05, 3.63) is 36.7 Å². The number of methoxy groups -OCH3 is 2. The molecule has 7 nitrogen and oxygen atoms in total. The number of hydrogen-bond donors (Lipinski definition) is 0. The van der Waals surface area contributed by atoms with Crippen LogP contribution in [-0.2, 0) is 4.79 Å². The molecule has 0 unspecified atom stereocenters. The summed E-state index contributed by atoms with van der Waals surface area (Å²) in [6, 6.07) is 9.52. The molecule has 1 aromatic heterocycles. The van der Waals surface area contributed by atoms with E-state index in [4.69, 9.17) is 9.47 Å². The van der Waals surface area contributed by atoms with Gasteiger partial charge in [0.05, 0.1) is 14.2 Å². The number of ether oxygens (including phenoxy) is 2. The zero-order valence-electron chi connectivity index (χ0n) is 15.0. The lowest BCUT2D eigenvalue weighted by Crippen LogP contribution is -2.31. The van der Waals surface area contributed by atoms with Crippen molar-refractivity contribution in [1.82, 2.24) is 9.97 Å². The van der Waals surface area contributed by atoms with E-state index in [0.717, 1.165) is 43.3 Å². The van der Waals surface area contributed by atoms with Gasteiger partial charge < -0.3 is 19.3 Å². The van der Waals surface area contributed by atoms with Gasteiger partial charge in [0.1, 0.15) is 17.9 Å². The molecule has 2 aromatic rings. The highest BCUT2D eigenvalue weighted by molar-refractivity contribution is 5.96. The Morgan fingerprint density at radius 1 is 1.12 bits per heavy atom. The van der Waals surface area contributed by atoms with Crippen LogP contribution in [0.5, 0.6) is 11.6 Å². The average molecular weight is 354 g/mol. The molecule has 1 atom stereocenters. The fourth-order valence-electron chi connectivity index (χ4n) is 3.93. The first-order valence-electron chi connectivity index (χ1n) is 8.68. The number of carbonyl (C=O) groups is 1. The molecule has 1 aromatic carbocycles. The summed E-state index contributed by atoms with van der Waals surface area (Å²) in [5, 5.41) is 0. The van der Waals surface area contributed by atoms with Crippen molar-refractivity contribution in [2.45, 2.75) is 12.8 Å². The molecule has 3 heterocycles. The lowest BCUT2D eigenvalue weighted by atomic mass is 9.86. The van der Waals surface area contributed by atoms with E-state index < -0.39 is 0 Å². The average Bonchev–Trinajstić information content (AvgIpc) is 3.24. The highest BCUT2D eigenvalue weighted by Gasteiger charge is 2.48. The molecule has 7 heteroatoms. The SMILES string of the molecule is COc1cccc(N2C[C@@]3(CCN(c4cc(OC)ncn4)C3)CC2=O)c1. The summed E-state index contributed by atoms with van der Waals surface area (Å²) in [5.41, 5.74) is 0.853. The van der Waals surface area contributed by atoms with Crippen molar-refractivity contribution < 1.29 is 14.3 Å². The Morgan fingerprint density at radius 2 is 2.00 bits per heavy atom. The zero-order valence-corrected chi connectivity index (χ0v) is 15.0. The van der Waals surface area contributed by atoms with Crippen LogP contribution in [0.15, 0.2) is 36.7 Å². The molecule has 0 bridgehead atoms. The quantitative estimate of drug-likeness (QED) is 0.838. The first kappa shape index (κ1) is 16.6. The van der Waals surface area contributed by atoms with Gasteiger partial charge in [-0.15, -0.1) is 0 Å². The van der Waals surface area contributed by atoms with Crippen molar-refractivity contribution in [3.63, 3.8) is 0 Å². The third kappa shape index (κ3) is 2.94. The number of anilines is 2. The van der Waals surface area contributed by atoms with Gasteiger partial charge in [0.25, 0.3) is 0 Å². The Hall–Kier alpha value is -2.83. The van der Waals surface area contributed by atoms with Crippen LogP contribution in [0.2, 0.25) is 0 Å². The monoisotopic (exact) mass is 354 g/mol. The topological polar surface area (TPSA) is 67.8 Å². The number of hydrogen-bond acceptors (Lipinski definition) is 6. The second kappa shape index (κ2) is 6.48. The Morgan fingerprint density at radius 3 is 2.81 bits per heavy atom. The Balaban J connectivity index is 1.52. The molecule has 0 radical (unpaired) electrons. The highest BCUT2D eigenvalue weighted by Crippen LogP contribution is 2.43. The fraction of sp³-hybridized carbons (Fsp3) is 0.421. The van der Waals surface area contributed by atoms with Crippen molar-refractivity contribution in [3.8, 4) is 11.6 Å². The van der Waals surface area contributed by atoms with Gasteiger partial charge >= 0.3 is 0 Å². The summed E-state index contributed by atoms with van der Waals surface area (Å²) < 4.78 is 10.5. The van der Waals surface area contributed by atoms with Crippen molar-refractivity contribution in [2.24, 2.45) is 5.41 Å². The van der Waals surface area contributed by atoms with Crippen LogP contribution in [0.1, 0.15) is 12.8 Å². The van der Waals surface area contributed by atoms with Crippen LogP contribution < -0.4 is 19.3 Å². The van der Waals surface area contributed by atoms with E-state index in [9.17, 15) is 4.79 Å². The molecular formula is C19H22N4O3. The summed E-state index contributed by atoms with van der Waals surface area (Å²) in [6.07, 6.45) is 3.04. The predicted molar refractivity (Wildman–Crippen MR) is 97.8 cm³/mol. The van der Waals surface area contributed by atoms with E-state index >= 15 is 0 Å². The molecule has 1 spiro atoms. The molecule has 0 N–H and O–H groups in total. The molecule has 2 aliphatic heterocycles. The molecule has 1 amide bonds. The minimum Gasteiger partial charge on any atom is -0.497 e. The number of amides is 1. The minimum atomic E-state index is -0.0433. The van der Waals surface area contributed by atoms with Gasteiger partial charge in [-0.05, 0) is 18.6 Å². The van der Waals surface area contributed by atoms with Crippen molar-refractivity contribution >= 4 is 17.4 Å². The van der Waals surface area contributed by atoms with Crippen LogP contribution >= 0.6 is 0 Å². The number of aromatic nitrogens is 2. The van der Waals surface area contributed by atoms with E-state index in [1.807, 2.05) is 35.2 Å². The van der Waals surface area contributed by atoms with Crippen LogP contribution in [-0.4, -0.2) is 49.7 Å². The molecule has 2 aliphatic rings. The van der Waals surface area contributed by atoms with Gasteiger partial charge in [-0.1, -0.05) is 6.07 Å². The number of benzene rings is 1. The second-order valence-corrected chi connectivity index (χ2v) is 6.95. The standard InChI is InChI=1S/C19H22N4O3/c1-25-15-5-3-4-14(8-15)23-12-19(10-18(23)24)6-7-22(11-19)16-9-17(26-2)21-13-20-16/h3-5,8-9,13H,6-7,10-12H2,1-2H3/t19-/m0/s1. The highest BCUT2D eigenvalue weighted by atomic mass is 16.5. The fourth-order valence-corrected chi connectivity index (χ4v) is 3.93. The number of nitrogens with zero attached hydrogens (tertiary/aromatic N) is 4. The van der Waals surface area contributed by atoms with E-state index in [1.54, 1.807) is 14.2 Å². The molecule has 4 rings (SSSR count). The third-order valence-corrected chi connectivity index (χ3v) is 5.28. The molecule has 2 fully saturated rings. The zero-order chi connectivity index (χ0) is 18.1. The van der Waals surface area contributed by atoms with Crippen LogP contribution in [0.4, 0.5) is 11.5 Å². The Kier molecular flexibility index (Phi) is 4.14. The minimum absolute atomic E-state index is 0.0433. The van der Waals surface area contributed by atoms with Crippen molar-refractivity contribution in [2.75, 3.05) is 43.7 Å². The summed E-state index contributed by atoms with van der Waals surface area (Å²) in [6.45, 7) is 2.40. The van der Waals surface area contributed by atoms with Gasteiger partial charge in [0.15, 0.2) is 0 Å². The van der Waals surface area contributed by atoms with Gasteiger partial charge in [0.2, 0.25) is 11.8 Å². The largest absolute Gasteiger partial charge is 0.497 e. The van der Waals surface area contributed by atoms with Crippen LogP contribution in [0, 0.1) is 5.41 Å². The molecule has 26 heavy (non-hydrogen) atoms. The first-order valence-corrected chi connectivity index (χ1v) is 8.68. The van der Waals surface area contributed by atoms with Gasteiger partial charge in [0, 0.05) is 49.3 Å². The smallest absolute Gasteiger partial charge is 0.227 e. The predicted octanol–water partition coefficient (Wildman–Crippen LogP) is 2.13. The van der Waals surface area contributed by atoms with Gasteiger partial charge in [-0.25, -0.2) is 9.97 Å². The van der Waals surface area contributed by atoms with Crippen LogP contribution in [0.3, 0.4) is 0 Å². The molecule has 0 aliphatic carbocycles. The Labute approximate surface area is 152 Å². The maximum absolute atomic E-state index is 12.7. The first-order chi connectivity index (χ1) is 12.6. The summed E-state index contributed by atoms with van der Waals surface area (Å²) >= 11 is 0. The number of rotatable bonds is 4. The summed E-state index contributed by atoms with van der Waals surface area (Å²) in [7, 11) is 3.23. The molecule has 136 valence electrons. The van der Waals surface area contributed by atoms with E-state index in [0.29, 0.717) is 12.3 Å². The molecule has 0 saturated carbocycles. The van der Waals surface area contributed by atoms with E-state index in [2.05, 4.69) is 14.9 Å². The summed E-state index contributed by atoms with van der Waals surface area (Å²) in [5.74, 6) is 2.33. The van der Waals surface area contributed by atoms with E-state index in [1.165, 1.54) is 6.33 Å². The van der Waals surface area contributed by atoms with Crippen molar-refractivity contribution in [1.29, 1.82) is 0 Å². The summed E-state index contributed by atoms with van der Waals surface area (Å²) in [4.78, 5) is 25.2. The molecule has 2 saturated heterocycles. The lowest BCUT2D eigenvalue weighted by Gasteiger charge is -2.24. The maximum atomic E-state index is 12.7. The third-order valence-electron chi connectivity index (χ3n) is 5.28. The van der Waals surface area contributed by atoms with Crippen LogP contribution in [0.25, 0.3) is 0 Å². The molecular weight excluding hydrogens is 332 g/mol. The second-order valence-electron chi connectivity index (χ2n) is 6.95. The Bertz CT molecular complexity index is 828. The van der Waals surface area contributed by atoms with Gasteiger partial charge in [-0.2, -0.15) is 0 Å². The maximum Gasteiger partial charge on any atom is 0.227 e. The number of carbonyl (C=O) groups excluding carboxylic acids is 1.